The average Bonchev–Trinajstić information content (AvgIpc) is 2.52. The van der Waals surface area contributed by atoms with Crippen LogP contribution in [0.15, 0.2) is 6.20 Å². The van der Waals surface area contributed by atoms with Crippen molar-refractivity contribution in [3.8, 4) is 0 Å². The molecule has 0 spiro atoms. The lowest BCUT2D eigenvalue weighted by Crippen LogP contribution is -2.17. The fraction of sp³-hybridized carbons (Fsp3) is 0.667. The highest BCUT2D eigenvalue weighted by Crippen LogP contribution is 2.19. The zero-order valence-corrected chi connectivity index (χ0v) is 8.74. The Balaban J connectivity index is 2.61. The number of nitrogens with zero attached hydrogens (tertiary/aromatic N) is 1. The highest BCUT2D eigenvalue weighted by molar-refractivity contribution is 7.11. The summed E-state index contributed by atoms with van der Waals surface area (Å²) in [7, 11) is 0. The smallest absolute Gasteiger partial charge is 0.109 e. The second-order valence-electron chi connectivity index (χ2n) is 2.80. The molecule has 3 heteroatoms. The van der Waals surface area contributed by atoms with Crippen LogP contribution in [0.5, 0.6) is 0 Å². The number of nitrogens with one attached hydrogen (secondary N) is 1. The second-order valence-corrected chi connectivity index (χ2v) is 3.94. The maximum Gasteiger partial charge on any atom is 0.109 e. The lowest BCUT2D eigenvalue weighted by molar-refractivity contribution is 0.595. The van der Waals surface area contributed by atoms with E-state index in [1.54, 1.807) is 0 Å². The molecule has 0 saturated carbocycles. The van der Waals surface area contributed by atoms with Gasteiger partial charge in [0.2, 0.25) is 0 Å². The van der Waals surface area contributed by atoms with Gasteiger partial charge >= 0.3 is 0 Å². The number of hydrogen-bond donors (Lipinski definition) is 1. The largest absolute Gasteiger partial charge is 0.308 e. The normalized spacial score (nSPS) is 13.2. The van der Waals surface area contributed by atoms with Crippen LogP contribution in [-0.2, 0) is 6.42 Å². The van der Waals surface area contributed by atoms with Crippen LogP contribution >= 0.6 is 11.3 Å². The van der Waals surface area contributed by atoms with Gasteiger partial charge < -0.3 is 5.32 Å². The third-order valence-electron chi connectivity index (χ3n) is 1.80. The topological polar surface area (TPSA) is 24.9 Å². The summed E-state index contributed by atoms with van der Waals surface area (Å²) >= 11 is 1.81. The van der Waals surface area contributed by atoms with Crippen LogP contribution in [0.2, 0.25) is 0 Å². The zero-order valence-electron chi connectivity index (χ0n) is 7.92. The summed E-state index contributed by atoms with van der Waals surface area (Å²) in [5, 5.41) is 4.55. The number of aryl methyl sites for hydroxylation is 1. The van der Waals surface area contributed by atoms with Gasteiger partial charge in [0, 0.05) is 11.1 Å². The summed E-state index contributed by atoms with van der Waals surface area (Å²) in [6.07, 6.45) is 3.07. The van der Waals surface area contributed by atoms with E-state index in [2.05, 4.69) is 31.1 Å². The fourth-order valence-electron chi connectivity index (χ4n) is 1.08. The van der Waals surface area contributed by atoms with E-state index in [0.29, 0.717) is 6.04 Å². The highest BCUT2D eigenvalue weighted by Gasteiger charge is 2.07. The molecule has 1 rings (SSSR count). The summed E-state index contributed by atoms with van der Waals surface area (Å²) in [4.78, 5) is 5.73. The third kappa shape index (κ3) is 2.29. The maximum atomic E-state index is 4.36. The summed E-state index contributed by atoms with van der Waals surface area (Å²) in [5.74, 6) is 0. The van der Waals surface area contributed by atoms with Crippen molar-refractivity contribution in [2.24, 2.45) is 0 Å². The van der Waals surface area contributed by atoms with E-state index < -0.39 is 0 Å². The molecule has 68 valence electrons. The van der Waals surface area contributed by atoms with Gasteiger partial charge in [-0.25, -0.2) is 4.98 Å². The van der Waals surface area contributed by atoms with Crippen molar-refractivity contribution < 1.29 is 0 Å². The van der Waals surface area contributed by atoms with Crippen LogP contribution in [0, 0.1) is 0 Å². The first-order valence-corrected chi connectivity index (χ1v) is 5.27. The summed E-state index contributed by atoms with van der Waals surface area (Å²) in [6, 6.07) is 0.403. The van der Waals surface area contributed by atoms with Crippen LogP contribution in [0.1, 0.15) is 36.7 Å². The van der Waals surface area contributed by atoms with Gasteiger partial charge in [0.25, 0.3) is 0 Å². The summed E-state index contributed by atoms with van der Waals surface area (Å²) < 4.78 is 0. The van der Waals surface area contributed by atoms with E-state index in [1.807, 2.05) is 17.5 Å². The van der Waals surface area contributed by atoms with Crippen molar-refractivity contribution in [1.29, 1.82) is 0 Å². The van der Waals surface area contributed by atoms with E-state index in [0.717, 1.165) is 13.0 Å². The van der Waals surface area contributed by atoms with Crippen molar-refractivity contribution in [2.75, 3.05) is 6.54 Å². The predicted molar refractivity (Wildman–Crippen MR) is 53.6 cm³/mol. The minimum Gasteiger partial charge on any atom is -0.308 e. The first-order chi connectivity index (χ1) is 5.77. The molecule has 1 aromatic rings. The molecule has 12 heavy (non-hydrogen) atoms. The minimum absolute atomic E-state index is 0.403. The monoisotopic (exact) mass is 184 g/mol. The molecule has 0 fully saturated rings. The Kier molecular flexibility index (Phi) is 3.69. The molecule has 0 aliphatic carbocycles. The van der Waals surface area contributed by atoms with Crippen LogP contribution in [-0.4, -0.2) is 11.5 Å². The van der Waals surface area contributed by atoms with Gasteiger partial charge in [-0.15, -0.1) is 11.3 Å². The summed E-state index contributed by atoms with van der Waals surface area (Å²) in [6.45, 7) is 7.43. The highest BCUT2D eigenvalue weighted by atomic mass is 32.1. The van der Waals surface area contributed by atoms with E-state index in [4.69, 9.17) is 0 Å². The molecular formula is C9H16N2S. The third-order valence-corrected chi connectivity index (χ3v) is 3.13. The van der Waals surface area contributed by atoms with Gasteiger partial charge in [-0.3, -0.25) is 0 Å². The van der Waals surface area contributed by atoms with E-state index in [1.165, 1.54) is 9.88 Å². The molecule has 1 aromatic heterocycles. The van der Waals surface area contributed by atoms with Gasteiger partial charge in [-0.2, -0.15) is 0 Å². The van der Waals surface area contributed by atoms with Gasteiger partial charge in [-0.1, -0.05) is 13.8 Å². The van der Waals surface area contributed by atoms with Gasteiger partial charge in [0.15, 0.2) is 0 Å². The molecule has 2 nitrogen and oxygen atoms in total. The molecule has 0 aromatic carbocycles. The van der Waals surface area contributed by atoms with Crippen LogP contribution in [0.25, 0.3) is 0 Å². The maximum absolute atomic E-state index is 4.36. The van der Waals surface area contributed by atoms with Gasteiger partial charge in [0.1, 0.15) is 5.01 Å². The standard InChI is InChI=1S/C9H16N2S/c1-4-8-6-11-9(12-8)7(3)10-5-2/h6-7,10H,4-5H2,1-3H3. The van der Waals surface area contributed by atoms with Crippen molar-refractivity contribution >= 4 is 11.3 Å². The molecule has 1 atom stereocenters. The lowest BCUT2D eigenvalue weighted by atomic mass is 10.3. The SMILES string of the molecule is CCNC(C)c1ncc(CC)s1. The number of thiazole rings is 1. The lowest BCUT2D eigenvalue weighted by Gasteiger charge is -2.07. The molecule has 0 radical (unpaired) electrons. The van der Waals surface area contributed by atoms with Crippen LogP contribution in [0.3, 0.4) is 0 Å². The second kappa shape index (κ2) is 4.58. The van der Waals surface area contributed by atoms with Crippen molar-refractivity contribution in [2.45, 2.75) is 33.2 Å². The van der Waals surface area contributed by atoms with Crippen molar-refractivity contribution in [3.05, 3.63) is 16.1 Å². The van der Waals surface area contributed by atoms with Crippen molar-refractivity contribution in [3.63, 3.8) is 0 Å². The van der Waals surface area contributed by atoms with Crippen LogP contribution in [0.4, 0.5) is 0 Å². The Labute approximate surface area is 78.0 Å². The van der Waals surface area contributed by atoms with E-state index >= 15 is 0 Å². The van der Waals surface area contributed by atoms with Crippen LogP contribution < -0.4 is 5.32 Å². The quantitative estimate of drug-likeness (QED) is 0.777. The van der Waals surface area contributed by atoms with Gasteiger partial charge in [-0.05, 0) is 19.9 Å². The Morgan fingerprint density at radius 1 is 1.58 bits per heavy atom. The average molecular weight is 184 g/mol. The first kappa shape index (κ1) is 9.68. The number of rotatable bonds is 4. The molecular weight excluding hydrogens is 168 g/mol. The predicted octanol–water partition coefficient (Wildman–Crippen LogP) is 2.38. The molecule has 0 amide bonds. The van der Waals surface area contributed by atoms with Crippen molar-refractivity contribution in [1.82, 2.24) is 10.3 Å². The molecule has 0 bridgehead atoms. The Morgan fingerprint density at radius 2 is 2.33 bits per heavy atom. The van der Waals surface area contributed by atoms with Gasteiger partial charge in [0.05, 0.1) is 6.04 Å². The number of aromatic nitrogens is 1. The van der Waals surface area contributed by atoms with E-state index in [-0.39, 0.29) is 0 Å². The molecule has 0 aliphatic heterocycles. The zero-order chi connectivity index (χ0) is 8.97. The minimum atomic E-state index is 0.403. The molecule has 0 aliphatic rings. The fourth-order valence-corrected chi connectivity index (χ4v) is 1.96. The Bertz CT molecular complexity index is 232. The summed E-state index contributed by atoms with van der Waals surface area (Å²) in [5.41, 5.74) is 0. The Morgan fingerprint density at radius 3 is 2.83 bits per heavy atom. The molecule has 1 N–H and O–H groups in total. The Hall–Kier alpha value is -0.410. The number of hydrogen-bond acceptors (Lipinski definition) is 3. The van der Waals surface area contributed by atoms with E-state index in [9.17, 15) is 0 Å². The first-order valence-electron chi connectivity index (χ1n) is 4.45. The molecule has 0 saturated heterocycles. The molecule has 1 unspecified atom stereocenters. The molecule has 1 heterocycles.